The highest BCUT2D eigenvalue weighted by molar-refractivity contribution is 7.11. The van der Waals surface area contributed by atoms with Crippen molar-refractivity contribution in [2.75, 3.05) is 31.2 Å². The Morgan fingerprint density at radius 3 is 2.56 bits per heavy atom. The fraction of sp³-hybridized carbons (Fsp3) is 0.190. The Morgan fingerprint density at radius 2 is 1.85 bits per heavy atom. The van der Waals surface area contributed by atoms with Gasteiger partial charge in [0.2, 0.25) is 0 Å². The standard InChI is InChI=1S/C21H18N4OS/c22-14-18(21-24-20(15-27-21)17-5-7-23-8-6-17)13-16-1-3-19(4-2-16)25-9-11-26-12-10-25/h1-8,13,15H,9-12H2. The fourth-order valence-electron chi connectivity index (χ4n) is 2.96. The first kappa shape index (κ1) is 17.4. The first-order chi connectivity index (χ1) is 13.3. The molecule has 0 unspecified atom stereocenters. The fourth-order valence-corrected chi connectivity index (χ4v) is 3.76. The van der Waals surface area contributed by atoms with E-state index >= 15 is 0 Å². The van der Waals surface area contributed by atoms with Crippen molar-refractivity contribution in [3.05, 3.63) is 64.7 Å². The third-order valence-electron chi connectivity index (χ3n) is 4.41. The predicted octanol–water partition coefficient (Wildman–Crippen LogP) is 4.11. The smallest absolute Gasteiger partial charge is 0.134 e. The molecule has 0 bridgehead atoms. The van der Waals surface area contributed by atoms with Crippen LogP contribution < -0.4 is 4.90 Å². The molecule has 1 aliphatic heterocycles. The van der Waals surface area contributed by atoms with Gasteiger partial charge in [-0.25, -0.2) is 4.98 Å². The average Bonchev–Trinajstić information content (AvgIpc) is 3.24. The molecule has 0 spiro atoms. The van der Waals surface area contributed by atoms with Gasteiger partial charge in [-0.2, -0.15) is 5.26 Å². The maximum Gasteiger partial charge on any atom is 0.134 e. The van der Waals surface area contributed by atoms with Crippen LogP contribution >= 0.6 is 11.3 Å². The molecule has 1 aliphatic rings. The van der Waals surface area contributed by atoms with Crippen molar-refractivity contribution in [2.45, 2.75) is 0 Å². The number of benzene rings is 1. The van der Waals surface area contributed by atoms with Crippen molar-refractivity contribution >= 4 is 28.7 Å². The molecule has 27 heavy (non-hydrogen) atoms. The van der Waals surface area contributed by atoms with Gasteiger partial charge in [-0.05, 0) is 35.9 Å². The predicted molar refractivity (Wildman–Crippen MR) is 108 cm³/mol. The number of anilines is 1. The molecule has 3 aromatic rings. The highest BCUT2D eigenvalue weighted by Crippen LogP contribution is 2.27. The quantitative estimate of drug-likeness (QED) is 0.643. The first-order valence-corrected chi connectivity index (χ1v) is 9.62. The number of thiazole rings is 1. The number of hydrogen-bond donors (Lipinski definition) is 0. The highest BCUT2D eigenvalue weighted by Gasteiger charge is 2.12. The monoisotopic (exact) mass is 374 g/mol. The van der Waals surface area contributed by atoms with Gasteiger partial charge < -0.3 is 9.64 Å². The number of pyridine rings is 1. The van der Waals surface area contributed by atoms with Crippen molar-refractivity contribution in [3.8, 4) is 17.3 Å². The van der Waals surface area contributed by atoms with Gasteiger partial charge in [0, 0.05) is 42.1 Å². The Balaban J connectivity index is 1.55. The van der Waals surface area contributed by atoms with Crippen LogP contribution in [0.3, 0.4) is 0 Å². The minimum Gasteiger partial charge on any atom is -0.378 e. The molecule has 134 valence electrons. The molecule has 4 rings (SSSR count). The molecule has 3 heterocycles. The normalized spacial score (nSPS) is 14.8. The van der Waals surface area contributed by atoms with Gasteiger partial charge in [-0.3, -0.25) is 4.98 Å². The summed E-state index contributed by atoms with van der Waals surface area (Å²) < 4.78 is 5.40. The van der Waals surface area contributed by atoms with Gasteiger partial charge >= 0.3 is 0 Å². The van der Waals surface area contributed by atoms with Crippen LogP contribution in [0.25, 0.3) is 22.9 Å². The molecule has 5 nitrogen and oxygen atoms in total. The van der Waals surface area contributed by atoms with E-state index in [2.05, 4.69) is 33.1 Å². The van der Waals surface area contributed by atoms with E-state index < -0.39 is 0 Å². The molecule has 0 N–H and O–H groups in total. The Labute approximate surface area is 162 Å². The molecule has 0 atom stereocenters. The lowest BCUT2D eigenvalue weighted by Crippen LogP contribution is -2.36. The lowest BCUT2D eigenvalue weighted by Gasteiger charge is -2.28. The molecule has 0 radical (unpaired) electrons. The molecule has 1 saturated heterocycles. The van der Waals surface area contributed by atoms with Crippen LogP contribution in [-0.2, 0) is 4.74 Å². The van der Waals surface area contributed by atoms with E-state index in [-0.39, 0.29) is 0 Å². The Bertz CT molecular complexity index is 967. The van der Waals surface area contributed by atoms with Crippen molar-refractivity contribution in [1.82, 2.24) is 9.97 Å². The van der Waals surface area contributed by atoms with Gasteiger partial charge in [-0.1, -0.05) is 12.1 Å². The van der Waals surface area contributed by atoms with Crippen LogP contribution in [0.1, 0.15) is 10.6 Å². The molecule has 2 aromatic heterocycles. The number of ether oxygens (including phenoxy) is 1. The van der Waals surface area contributed by atoms with E-state index in [1.165, 1.54) is 17.0 Å². The third-order valence-corrected chi connectivity index (χ3v) is 5.29. The third kappa shape index (κ3) is 4.05. The summed E-state index contributed by atoms with van der Waals surface area (Å²) in [6.45, 7) is 3.36. The summed E-state index contributed by atoms with van der Waals surface area (Å²) in [6.07, 6.45) is 5.37. The van der Waals surface area contributed by atoms with E-state index in [9.17, 15) is 5.26 Å². The second-order valence-electron chi connectivity index (χ2n) is 6.13. The van der Waals surface area contributed by atoms with E-state index in [1.807, 2.05) is 35.7 Å². The van der Waals surface area contributed by atoms with Gasteiger partial charge in [0.25, 0.3) is 0 Å². The number of aromatic nitrogens is 2. The summed E-state index contributed by atoms with van der Waals surface area (Å²) in [6, 6.07) is 14.4. The van der Waals surface area contributed by atoms with Crippen LogP contribution in [0.4, 0.5) is 5.69 Å². The van der Waals surface area contributed by atoms with Crippen molar-refractivity contribution in [2.24, 2.45) is 0 Å². The molecular formula is C21H18N4OS. The summed E-state index contributed by atoms with van der Waals surface area (Å²) in [7, 11) is 0. The van der Waals surface area contributed by atoms with E-state index in [1.54, 1.807) is 12.4 Å². The Hall–Kier alpha value is -3.01. The zero-order valence-corrected chi connectivity index (χ0v) is 15.5. The van der Waals surface area contributed by atoms with Gasteiger partial charge in [0.05, 0.1) is 24.5 Å². The van der Waals surface area contributed by atoms with Crippen LogP contribution in [0.15, 0.2) is 54.2 Å². The SMILES string of the molecule is N#CC(=Cc1ccc(N2CCOCC2)cc1)c1nc(-c2ccncc2)cs1. The summed E-state index contributed by atoms with van der Waals surface area (Å²) in [5, 5.41) is 12.3. The zero-order chi connectivity index (χ0) is 18.5. The second kappa shape index (κ2) is 8.12. The van der Waals surface area contributed by atoms with Crippen LogP contribution in [0.5, 0.6) is 0 Å². The first-order valence-electron chi connectivity index (χ1n) is 8.74. The molecule has 0 saturated carbocycles. The van der Waals surface area contributed by atoms with E-state index in [0.717, 1.165) is 48.1 Å². The second-order valence-corrected chi connectivity index (χ2v) is 6.99. The van der Waals surface area contributed by atoms with Gasteiger partial charge in [-0.15, -0.1) is 11.3 Å². The van der Waals surface area contributed by atoms with E-state index in [0.29, 0.717) is 5.57 Å². The van der Waals surface area contributed by atoms with Crippen molar-refractivity contribution < 1.29 is 4.74 Å². The lowest BCUT2D eigenvalue weighted by molar-refractivity contribution is 0.122. The summed E-state index contributed by atoms with van der Waals surface area (Å²) >= 11 is 1.48. The molecule has 1 fully saturated rings. The number of nitrogens with zero attached hydrogens (tertiary/aromatic N) is 4. The minimum atomic E-state index is 0.569. The lowest BCUT2D eigenvalue weighted by atomic mass is 10.1. The minimum absolute atomic E-state index is 0.569. The molecular weight excluding hydrogens is 356 g/mol. The molecule has 0 amide bonds. The highest BCUT2D eigenvalue weighted by atomic mass is 32.1. The van der Waals surface area contributed by atoms with Crippen molar-refractivity contribution in [1.29, 1.82) is 5.26 Å². The van der Waals surface area contributed by atoms with Crippen LogP contribution in [-0.4, -0.2) is 36.3 Å². The molecule has 0 aliphatic carbocycles. The van der Waals surface area contributed by atoms with Gasteiger partial charge in [0.1, 0.15) is 11.1 Å². The largest absolute Gasteiger partial charge is 0.378 e. The molecule has 6 heteroatoms. The summed E-state index contributed by atoms with van der Waals surface area (Å²) in [4.78, 5) is 11.0. The van der Waals surface area contributed by atoms with E-state index in [4.69, 9.17) is 4.74 Å². The Kier molecular flexibility index (Phi) is 5.24. The number of morpholine rings is 1. The van der Waals surface area contributed by atoms with Crippen LogP contribution in [0, 0.1) is 11.3 Å². The number of hydrogen-bond acceptors (Lipinski definition) is 6. The maximum atomic E-state index is 9.60. The average molecular weight is 374 g/mol. The topological polar surface area (TPSA) is 62.0 Å². The summed E-state index contributed by atoms with van der Waals surface area (Å²) in [5.74, 6) is 0. The zero-order valence-electron chi connectivity index (χ0n) is 14.7. The van der Waals surface area contributed by atoms with Crippen molar-refractivity contribution in [3.63, 3.8) is 0 Å². The number of nitriles is 1. The van der Waals surface area contributed by atoms with Crippen LogP contribution in [0.2, 0.25) is 0 Å². The molecule has 1 aromatic carbocycles. The Morgan fingerprint density at radius 1 is 1.11 bits per heavy atom. The number of allylic oxidation sites excluding steroid dienone is 1. The number of rotatable bonds is 4. The van der Waals surface area contributed by atoms with Gasteiger partial charge in [0.15, 0.2) is 0 Å². The summed E-state index contributed by atoms with van der Waals surface area (Å²) in [5.41, 5.74) is 4.60. The maximum absolute atomic E-state index is 9.60.